The monoisotopic (exact) mass is 519 g/mol. The Hall–Kier alpha value is -2.57. The second-order valence-electron chi connectivity index (χ2n) is 11.0. The number of hydrogen-bond donors (Lipinski definition) is 4. The second-order valence-corrected chi connectivity index (χ2v) is 11.0. The molecule has 0 atom stereocenters. The van der Waals surface area contributed by atoms with E-state index in [0.717, 1.165) is 49.5 Å². The van der Waals surface area contributed by atoms with Gasteiger partial charge in [-0.25, -0.2) is 0 Å². The number of hydrogen-bond acceptors (Lipinski definition) is 5. The third-order valence-electron chi connectivity index (χ3n) is 7.97. The Morgan fingerprint density at radius 2 is 1.58 bits per heavy atom. The molecule has 0 bridgehead atoms. The number of benzene rings is 2. The van der Waals surface area contributed by atoms with Crippen LogP contribution in [0.4, 0.5) is 11.4 Å². The van der Waals surface area contributed by atoms with E-state index in [0.29, 0.717) is 6.04 Å². The molecule has 6 heteroatoms. The summed E-state index contributed by atoms with van der Waals surface area (Å²) in [6.07, 6.45) is 13.8. The molecule has 4 N–H and O–H groups in total. The third-order valence-corrected chi connectivity index (χ3v) is 7.97. The lowest BCUT2D eigenvalue weighted by Crippen LogP contribution is -2.43. The van der Waals surface area contributed by atoms with Crippen molar-refractivity contribution in [3.63, 3.8) is 0 Å². The van der Waals surface area contributed by atoms with E-state index < -0.39 is 0 Å². The number of nitrogens with zero attached hydrogens (tertiary/aromatic N) is 1. The topological polar surface area (TPSA) is 68.4 Å². The maximum absolute atomic E-state index is 12.9. The zero-order valence-corrected chi connectivity index (χ0v) is 23.3. The molecule has 0 aromatic heterocycles. The average molecular weight is 520 g/mol. The molecule has 0 unspecified atom stereocenters. The Bertz CT molecular complexity index is 938. The van der Waals surface area contributed by atoms with Crippen LogP contribution >= 0.6 is 0 Å². The van der Waals surface area contributed by atoms with Gasteiger partial charge >= 0.3 is 0 Å². The highest BCUT2D eigenvalue weighted by Crippen LogP contribution is 2.28. The van der Waals surface area contributed by atoms with Gasteiger partial charge in [-0.15, -0.1) is 0 Å². The molecule has 208 valence electrons. The quantitative estimate of drug-likeness (QED) is 0.217. The van der Waals surface area contributed by atoms with E-state index in [9.17, 15) is 4.79 Å². The summed E-state index contributed by atoms with van der Waals surface area (Å²) in [6, 6.07) is 17.0. The first-order valence-electron chi connectivity index (χ1n) is 15.2. The predicted molar refractivity (Wildman–Crippen MR) is 160 cm³/mol. The minimum Gasteiger partial charge on any atom is -0.381 e. The second kappa shape index (κ2) is 16.4. The molecule has 1 heterocycles. The molecule has 38 heavy (non-hydrogen) atoms. The highest BCUT2D eigenvalue weighted by molar-refractivity contribution is 5.96. The third kappa shape index (κ3) is 9.95. The summed E-state index contributed by atoms with van der Waals surface area (Å²) in [7, 11) is 0. The largest absolute Gasteiger partial charge is 0.381 e. The van der Waals surface area contributed by atoms with E-state index in [2.05, 4.69) is 56.5 Å². The summed E-state index contributed by atoms with van der Waals surface area (Å²) < 4.78 is 0. The van der Waals surface area contributed by atoms with E-state index in [4.69, 9.17) is 0 Å². The molecule has 2 fully saturated rings. The van der Waals surface area contributed by atoms with Crippen molar-refractivity contribution in [2.75, 3.05) is 49.9 Å². The van der Waals surface area contributed by atoms with Gasteiger partial charge in [-0.2, -0.15) is 0 Å². The Kier molecular flexibility index (Phi) is 12.3. The summed E-state index contributed by atoms with van der Waals surface area (Å²) in [5, 5.41) is 13.9. The van der Waals surface area contributed by atoms with Gasteiger partial charge in [0.15, 0.2) is 0 Å². The Morgan fingerprint density at radius 3 is 2.37 bits per heavy atom. The van der Waals surface area contributed by atoms with Crippen molar-refractivity contribution in [3.05, 3.63) is 59.7 Å². The zero-order valence-electron chi connectivity index (χ0n) is 23.3. The van der Waals surface area contributed by atoms with Crippen LogP contribution in [0, 0.1) is 0 Å². The lowest BCUT2D eigenvalue weighted by Gasteiger charge is -2.27. The summed E-state index contributed by atoms with van der Waals surface area (Å²) in [4.78, 5) is 15.5. The van der Waals surface area contributed by atoms with Crippen LogP contribution in [-0.2, 0) is 6.54 Å². The number of carbonyl (C=O) groups is 1. The Balaban J connectivity index is 1.19. The normalized spacial score (nSPS) is 16.7. The summed E-state index contributed by atoms with van der Waals surface area (Å²) in [5.41, 5.74) is 4.06. The lowest BCUT2D eigenvalue weighted by molar-refractivity contribution is 0.0953. The van der Waals surface area contributed by atoms with E-state index in [-0.39, 0.29) is 5.91 Å². The van der Waals surface area contributed by atoms with Crippen LogP contribution in [0.3, 0.4) is 0 Å². The number of piperazine rings is 1. The van der Waals surface area contributed by atoms with Gasteiger partial charge in [0.2, 0.25) is 0 Å². The minimum atomic E-state index is 0.0213. The lowest BCUT2D eigenvalue weighted by atomic mass is 9.95. The molecule has 1 aliphatic heterocycles. The molecule has 6 nitrogen and oxygen atoms in total. The highest BCUT2D eigenvalue weighted by Gasteiger charge is 2.16. The standard InChI is InChI=1S/C32H49N5O/c38-32(34-19-11-3-1-2-4-12-22-37-23-20-33-21-24-37)28-17-18-30(36-29-15-9-6-10-16-29)31(25-28)35-26-27-13-7-5-8-14-27/h5,7-8,13-14,17-18,25,29,33,35-36H,1-4,6,9-12,15-16,19-24,26H2,(H,34,38). The molecule has 1 aliphatic carbocycles. The zero-order chi connectivity index (χ0) is 26.3. The van der Waals surface area contributed by atoms with Crippen LogP contribution in [-0.4, -0.2) is 56.1 Å². The molecular formula is C32H49N5O. The van der Waals surface area contributed by atoms with Crippen molar-refractivity contribution in [2.45, 2.75) is 83.2 Å². The number of unbranched alkanes of at least 4 members (excludes halogenated alkanes) is 5. The van der Waals surface area contributed by atoms with Crippen molar-refractivity contribution >= 4 is 17.3 Å². The molecule has 1 saturated heterocycles. The molecule has 2 aromatic carbocycles. The molecule has 2 aromatic rings. The maximum Gasteiger partial charge on any atom is 0.251 e. The number of carbonyl (C=O) groups excluding carboxylic acids is 1. The summed E-state index contributed by atoms with van der Waals surface area (Å²) in [5.74, 6) is 0.0213. The summed E-state index contributed by atoms with van der Waals surface area (Å²) in [6.45, 7) is 7.40. The van der Waals surface area contributed by atoms with E-state index in [1.54, 1.807) is 0 Å². The van der Waals surface area contributed by atoms with Gasteiger partial charge in [0.1, 0.15) is 0 Å². The van der Waals surface area contributed by atoms with Crippen LogP contribution < -0.4 is 21.3 Å². The number of rotatable bonds is 15. The highest BCUT2D eigenvalue weighted by atomic mass is 16.1. The van der Waals surface area contributed by atoms with Gasteiger partial charge in [0.05, 0.1) is 11.4 Å². The van der Waals surface area contributed by atoms with Gasteiger partial charge < -0.3 is 26.2 Å². The van der Waals surface area contributed by atoms with Crippen LogP contribution in [0.1, 0.15) is 86.6 Å². The van der Waals surface area contributed by atoms with Crippen molar-refractivity contribution in [2.24, 2.45) is 0 Å². The Morgan fingerprint density at radius 1 is 0.842 bits per heavy atom. The molecule has 0 radical (unpaired) electrons. The smallest absolute Gasteiger partial charge is 0.251 e. The van der Waals surface area contributed by atoms with Gasteiger partial charge in [-0.1, -0.05) is 75.3 Å². The van der Waals surface area contributed by atoms with Gasteiger partial charge in [-0.3, -0.25) is 4.79 Å². The molecule has 4 rings (SSSR count). The fourth-order valence-corrected chi connectivity index (χ4v) is 5.62. The predicted octanol–water partition coefficient (Wildman–Crippen LogP) is 6.02. The molecular weight excluding hydrogens is 470 g/mol. The van der Waals surface area contributed by atoms with Crippen LogP contribution in [0.5, 0.6) is 0 Å². The minimum absolute atomic E-state index is 0.0213. The van der Waals surface area contributed by atoms with Gasteiger partial charge in [0.25, 0.3) is 5.91 Å². The summed E-state index contributed by atoms with van der Waals surface area (Å²) >= 11 is 0. The maximum atomic E-state index is 12.9. The molecule has 2 aliphatic rings. The fraction of sp³-hybridized carbons (Fsp3) is 0.594. The van der Waals surface area contributed by atoms with Gasteiger partial charge in [0, 0.05) is 50.9 Å². The molecule has 1 saturated carbocycles. The molecule has 0 spiro atoms. The van der Waals surface area contributed by atoms with Crippen molar-refractivity contribution in [1.82, 2.24) is 15.5 Å². The van der Waals surface area contributed by atoms with Gasteiger partial charge in [-0.05, 0) is 56.0 Å². The Labute approximate surface area is 230 Å². The first kappa shape index (κ1) is 28.4. The average Bonchev–Trinajstić information content (AvgIpc) is 2.97. The number of anilines is 2. The first-order valence-corrected chi connectivity index (χ1v) is 15.2. The number of nitrogens with one attached hydrogen (secondary N) is 4. The van der Waals surface area contributed by atoms with Crippen molar-refractivity contribution in [1.29, 1.82) is 0 Å². The molecule has 1 amide bonds. The van der Waals surface area contributed by atoms with Crippen molar-refractivity contribution < 1.29 is 4.79 Å². The fourth-order valence-electron chi connectivity index (χ4n) is 5.62. The van der Waals surface area contributed by atoms with E-state index in [1.165, 1.54) is 89.4 Å². The SMILES string of the molecule is O=C(NCCCCCCCCN1CCNCC1)c1ccc(NC2CCCCC2)c(NCc2ccccc2)c1. The van der Waals surface area contributed by atoms with Crippen LogP contribution in [0.15, 0.2) is 48.5 Å². The van der Waals surface area contributed by atoms with E-state index >= 15 is 0 Å². The number of amides is 1. The van der Waals surface area contributed by atoms with Crippen molar-refractivity contribution in [3.8, 4) is 0 Å². The van der Waals surface area contributed by atoms with Crippen LogP contribution in [0.2, 0.25) is 0 Å². The van der Waals surface area contributed by atoms with Crippen LogP contribution in [0.25, 0.3) is 0 Å². The van der Waals surface area contributed by atoms with E-state index in [1.807, 2.05) is 18.2 Å². The first-order chi connectivity index (χ1) is 18.8.